The van der Waals surface area contributed by atoms with Crippen molar-refractivity contribution in [2.24, 2.45) is 0 Å². The summed E-state index contributed by atoms with van der Waals surface area (Å²) in [5.41, 5.74) is 0. The lowest BCUT2D eigenvalue weighted by Crippen LogP contribution is -2.47. The number of phosphoric acid groups is 1. The van der Waals surface area contributed by atoms with Gasteiger partial charge in [-0.3, -0.25) is 14.2 Å². The standard InChI is InChI=1S/C67H115N2O7P/c1-7-10-13-16-19-22-25-28-30-32-33-34-35-36-37-38-40-42-45-48-51-54-57-60-67(71)76-65(58-55-52-49-46-43-27-24-21-18-15-12-9-3)64(63-75-77(72,73)74-62-61-69(4,5)6)68-66(70)59-56-53-50-47-44-41-39-31-29-26-23-20-17-14-11-8-2/h11,14,19-20,22-23,28-31,33-34,36-37,41,44,50,53,55,58,64-65H,7-10,12-13,15-18,21,24-27,32,35,38-40,42-43,45-49,51-52,54,56-57,59-63H2,1-6H3,(H-,68,70,72,73)/b14-11+,22-19-,23-20+,30-28-,31-29+,34-33-,37-36-,44-41+,53-50+,58-55-. The number of esters is 1. The lowest BCUT2D eigenvalue weighted by Gasteiger charge is -2.30. The number of rotatable bonds is 54. The van der Waals surface area contributed by atoms with E-state index in [4.69, 9.17) is 13.8 Å². The van der Waals surface area contributed by atoms with Crippen LogP contribution in [0.5, 0.6) is 0 Å². The van der Waals surface area contributed by atoms with E-state index < -0.39 is 26.6 Å². The van der Waals surface area contributed by atoms with Crippen molar-refractivity contribution in [2.45, 2.75) is 251 Å². The van der Waals surface area contributed by atoms with Crippen molar-refractivity contribution >= 4 is 19.7 Å². The number of carbonyl (C=O) groups excluding carboxylic acids is 2. The molecule has 0 aromatic carbocycles. The molecule has 1 amide bonds. The molecule has 0 aromatic rings. The molecule has 3 unspecified atom stereocenters. The molecule has 0 fully saturated rings. The monoisotopic (exact) mass is 1090 g/mol. The van der Waals surface area contributed by atoms with E-state index in [0.717, 1.165) is 96.3 Å². The third-order valence-electron chi connectivity index (χ3n) is 12.9. The lowest BCUT2D eigenvalue weighted by atomic mass is 10.1. The predicted molar refractivity (Wildman–Crippen MR) is 330 cm³/mol. The number of amides is 1. The number of hydrogen-bond acceptors (Lipinski definition) is 7. The third-order valence-corrected chi connectivity index (χ3v) is 13.9. The number of unbranched alkanes of at least 4 members (excludes halogenated alkanes) is 20. The zero-order chi connectivity index (χ0) is 56.4. The van der Waals surface area contributed by atoms with Crippen molar-refractivity contribution in [1.29, 1.82) is 0 Å². The van der Waals surface area contributed by atoms with Crippen LogP contribution in [0.4, 0.5) is 0 Å². The lowest BCUT2D eigenvalue weighted by molar-refractivity contribution is -0.870. The van der Waals surface area contributed by atoms with Gasteiger partial charge in [-0.1, -0.05) is 239 Å². The number of phosphoric ester groups is 1. The summed E-state index contributed by atoms with van der Waals surface area (Å²) < 4.78 is 30.2. The number of likely N-dealkylation sites (N-methyl/N-ethyl adjacent to an activating group) is 1. The molecular formula is C67H115N2O7P. The van der Waals surface area contributed by atoms with Crippen LogP contribution >= 0.6 is 7.82 Å². The van der Waals surface area contributed by atoms with Gasteiger partial charge >= 0.3 is 5.97 Å². The molecule has 9 nitrogen and oxygen atoms in total. The molecule has 0 spiro atoms. The van der Waals surface area contributed by atoms with Gasteiger partial charge in [0, 0.05) is 12.8 Å². The molecule has 1 N–H and O–H groups in total. The van der Waals surface area contributed by atoms with Gasteiger partial charge in [-0.2, -0.15) is 0 Å². The number of allylic oxidation sites excluding steroid dienone is 19. The van der Waals surface area contributed by atoms with Crippen molar-refractivity contribution in [3.8, 4) is 0 Å². The second kappa shape index (κ2) is 55.7. The highest BCUT2D eigenvalue weighted by Gasteiger charge is 2.27. The first kappa shape index (κ1) is 73.4. The summed E-state index contributed by atoms with van der Waals surface area (Å²) in [5.74, 6) is -0.658. The molecule has 10 heteroatoms. The summed E-state index contributed by atoms with van der Waals surface area (Å²) in [4.78, 5) is 39.9. The summed E-state index contributed by atoms with van der Waals surface area (Å²) in [6.45, 7) is 6.62. The van der Waals surface area contributed by atoms with Gasteiger partial charge in [-0.25, -0.2) is 0 Å². The molecule has 0 saturated carbocycles. The van der Waals surface area contributed by atoms with E-state index in [2.05, 4.69) is 123 Å². The Balaban J connectivity index is 5.35. The second-order valence-corrected chi connectivity index (χ2v) is 22.9. The Hall–Kier alpha value is -3.59. The maximum absolute atomic E-state index is 13.5. The van der Waals surface area contributed by atoms with Crippen molar-refractivity contribution in [3.63, 3.8) is 0 Å². The van der Waals surface area contributed by atoms with Gasteiger partial charge in [0.05, 0.1) is 33.8 Å². The normalized spacial score (nSPS) is 14.5. The van der Waals surface area contributed by atoms with E-state index in [1.807, 2.05) is 39.4 Å². The van der Waals surface area contributed by atoms with Gasteiger partial charge in [0.15, 0.2) is 0 Å². The van der Waals surface area contributed by atoms with Gasteiger partial charge in [0.1, 0.15) is 19.3 Å². The average molecular weight is 1090 g/mol. The minimum atomic E-state index is -4.73. The van der Waals surface area contributed by atoms with Crippen molar-refractivity contribution < 1.29 is 37.3 Å². The smallest absolute Gasteiger partial charge is 0.306 e. The minimum Gasteiger partial charge on any atom is -0.756 e. The topological polar surface area (TPSA) is 114 Å². The molecule has 0 saturated heterocycles. The summed E-state index contributed by atoms with van der Waals surface area (Å²) in [7, 11) is 1.12. The molecule has 0 aromatic heterocycles. The van der Waals surface area contributed by atoms with Gasteiger partial charge in [-0.05, 0) is 109 Å². The Labute approximate surface area is 473 Å². The highest BCUT2D eigenvalue weighted by molar-refractivity contribution is 7.45. The zero-order valence-corrected chi connectivity index (χ0v) is 51.0. The van der Waals surface area contributed by atoms with E-state index in [1.54, 1.807) is 6.08 Å². The average Bonchev–Trinajstić information content (AvgIpc) is 3.39. The number of nitrogens with one attached hydrogen (secondary N) is 1. The highest BCUT2D eigenvalue weighted by Crippen LogP contribution is 2.38. The summed E-state index contributed by atoms with van der Waals surface area (Å²) in [6, 6.07) is -0.941. The molecule has 0 rings (SSSR count). The van der Waals surface area contributed by atoms with Crippen molar-refractivity contribution in [1.82, 2.24) is 5.32 Å². The Morgan fingerprint density at radius 1 is 0.468 bits per heavy atom. The van der Waals surface area contributed by atoms with Crippen LogP contribution in [-0.2, 0) is 27.9 Å². The zero-order valence-electron chi connectivity index (χ0n) is 50.1. The SMILES string of the molecule is CC/C=C/C/C=C/C/C=C/C/C=C/C/C=C/CCC(=O)NC(COP(=O)([O-])OCC[N+](C)(C)C)C(/C=C\CCCCCCCCCCCC)OC(=O)CCCCCCCCC/C=C\C/C=C\C/C=C\C/C=C\CCCCC. The molecule has 0 aliphatic carbocycles. The Morgan fingerprint density at radius 3 is 1.30 bits per heavy atom. The van der Waals surface area contributed by atoms with E-state index in [-0.39, 0.29) is 31.3 Å². The summed E-state index contributed by atoms with van der Waals surface area (Å²) in [6.07, 6.45) is 77.6. The molecule has 0 bridgehead atoms. The fourth-order valence-electron chi connectivity index (χ4n) is 8.14. The molecule has 440 valence electrons. The Bertz CT molecular complexity index is 1730. The van der Waals surface area contributed by atoms with Gasteiger partial charge < -0.3 is 28.5 Å². The van der Waals surface area contributed by atoms with Crippen LogP contribution in [0.25, 0.3) is 0 Å². The molecule has 0 radical (unpaired) electrons. The van der Waals surface area contributed by atoms with Crippen LogP contribution in [0.3, 0.4) is 0 Å². The van der Waals surface area contributed by atoms with Crippen LogP contribution in [0.15, 0.2) is 122 Å². The first-order valence-corrected chi connectivity index (χ1v) is 32.3. The van der Waals surface area contributed by atoms with E-state index >= 15 is 0 Å². The van der Waals surface area contributed by atoms with Gasteiger partial charge in [0.25, 0.3) is 7.82 Å². The maximum Gasteiger partial charge on any atom is 0.306 e. The van der Waals surface area contributed by atoms with Crippen LogP contribution < -0.4 is 10.2 Å². The van der Waals surface area contributed by atoms with E-state index in [9.17, 15) is 19.0 Å². The minimum absolute atomic E-state index is 0.0438. The van der Waals surface area contributed by atoms with E-state index in [0.29, 0.717) is 23.9 Å². The van der Waals surface area contributed by atoms with Crippen molar-refractivity contribution in [2.75, 3.05) is 40.9 Å². The molecule has 77 heavy (non-hydrogen) atoms. The summed E-state index contributed by atoms with van der Waals surface area (Å²) in [5, 5.41) is 2.97. The fourth-order valence-corrected chi connectivity index (χ4v) is 8.86. The number of nitrogens with zero attached hydrogens (tertiary/aromatic N) is 1. The van der Waals surface area contributed by atoms with Gasteiger partial charge in [0.2, 0.25) is 5.91 Å². The fraction of sp³-hybridized carbons (Fsp3) is 0.672. The van der Waals surface area contributed by atoms with Crippen LogP contribution in [0, 0.1) is 0 Å². The molecule has 0 heterocycles. The molecule has 0 aliphatic heterocycles. The largest absolute Gasteiger partial charge is 0.756 e. The quantitative estimate of drug-likeness (QED) is 0.0212. The molecule has 3 atom stereocenters. The second-order valence-electron chi connectivity index (χ2n) is 21.5. The van der Waals surface area contributed by atoms with Crippen molar-refractivity contribution in [3.05, 3.63) is 122 Å². The van der Waals surface area contributed by atoms with Gasteiger partial charge in [-0.15, -0.1) is 0 Å². The number of hydrogen-bond donors (Lipinski definition) is 1. The van der Waals surface area contributed by atoms with E-state index in [1.165, 1.54) is 96.3 Å². The third kappa shape index (κ3) is 56.9. The van der Waals surface area contributed by atoms with Crippen LogP contribution in [0.2, 0.25) is 0 Å². The number of quaternary nitrogens is 1. The number of carbonyl (C=O) groups is 2. The Kier molecular flexibility index (Phi) is 53.1. The molecule has 0 aliphatic rings. The maximum atomic E-state index is 13.5. The predicted octanol–water partition coefficient (Wildman–Crippen LogP) is 18.5. The van der Waals surface area contributed by atoms with Crippen LogP contribution in [-0.4, -0.2) is 69.4 Å². The van der Waals surface area contributed by atoms with Crippen LogP contribution in [0.1, 0.15) is 239 Å². The molecular weight excluding hydrogens is 976 g/mol. The highest BCUT2D eigenvalue weighted by atomic mass is 31.2. The first-order valence-electron chi connectivity index (χ1n) is 30.8. The summed E-state index contributed by atoms with van der Waals surface area (Å²) >= 11 is 0. The number of ether oxygens (including phenoxy) is 1. The Morgan fingerprint density at radius 2 is 0.844 bits per heavy atom. The first-order chi connectivity index (χ1) is 37.4.